The molecule has 0 aromatic heterocycles. The highest BCUT2D eigenvalue weighted by Crippen LogP contribution is 2.32. The topological polar surface area (TPSA) is 50.7 Å². The van der Waals surface area contributed by atoms with Crippen molar-refractivity contribution in [2.24, 2.45) is 0 Å². The number of hydrogen-bond acceptors (Lipinski definition) is 4. The smallest absolute Gasteiger partial charge is 0.161 e. The summed E-state index contributed by atoms with van der Waals surface area (Å²) < 4.78 is 24.5. The fourth-order valence-corrected chi connectivity index (χ4v) is 2.58. The van der Waals surface area contributed by atoms with Gasteiger partial charge >= 0.3 is 0 Å². The molecule has 3 rings (SSSR count). The van der Waals surface area contributed by atoms with E-state index < -0.39 is 0 Å². The number of aliphatic hydroxyl groups is 1. The first-order valence-corrected chi connectivity index (χ1v) is 7.68. The molecule has 1 heterocycles. The molecule has 0 saturated carbocycles. The van der Waals surface area contributed by atoms with Gasteiger partial charge in [0.15, 0.2) is 11.5 Å². The number of fused-ring (bicyclic) bond motifs is 1. The number of rotatable bonds is 5. The first kappa shape index (κ1) is 15.8. The minimum absolute atomic E-state index is 0.105. The van der Waals surface area contributed by atoms with E-state index in [4.69, 9.17) is 14.6 Å². The highest BCUT2D eigenvalue weighted by atomic mass is 19.1. The highest BCUT2D eigenvalue weighted by Gasteiger charge is 2.14. The quantitative estimate of drug-likeness (QED) is 0.890. The molecule has 23 heavy (non-hydrogen) atoms. The van der Waals surface area contributed by atoms with E-state index in [-0.39, 0.29) is 18.5 Å². The zero-order valence-corrected chi connectivity index (χ0v) is 13.0. The van der Waals surface area contributed by atoms with Crippen molar-refractivity contribution in [3.8, 4) is 11.5 Å². The SMILES string of the molecule is CC(NCc1ccc(F)c(CO)c1)c1ccc2c(c1)OCCO2. The molecule has 5 heteroatoms. The van der Waals surface area contributed by atoms with Gasteiger partial charge in [0.05, 0.1) is 6.61 Å². The summed E-state index contributed by atoms with van der Waals surface area (Å²) in [5, 5.41) is 12.5. The van der Waals surface area contributed by atoms with Crippen LogP contribution in [0, 0.1) is 5.82 Å². The van der Waals surface area contributed by atoms with Crippen LogP contribution in [0.25, 0.3) is 0 Å². The van der Waals surface area contributed by atoms with Crippen LogP contribution in [0.15, 0.2) is 36.4 Å². The summed E-state index contributed by atoms with van der Waals surface area (Å²) in [7, 11) is 0. The van der Waals surface area contributed by atoms with Crippen molar-refractivity contribution in [1.29, 1.82) is 0 Å². The molecule has 1 atom stereocenters. The van der Waals surface area contributed by atoms with E-state index in [9.17, 15) is 4.39 Å². The minimum Gasteiger partial charge on any atom is -0.486 e. The Balaban J connectivity index is 1.66. The zero-order chi connectivity index (χ0) is 16.2. The lowest BCUT2D eigenvalue weighted by molar-refractivity contribution is 0.171. The van der Waals surface area contributed by atoms with Crippen LogP contribution in [0.2, 0.25) is 0 Å². The third-order valence-corrected chi connectivity index (χ3v) is 3.96. The maximum absolute atomic E-state index is 13.4. The number of halogens is 1. The van der Waals surface area contributed by atoms with Crippen LogP contribution in [0.4, 0.5) is 4.39 Å². The molecular formula is C18H20FNO3. The third kappa shape index (κ3) is 3.63. The Hall–Kier alpha value is -2.11. The summed E-state index contributed by atoms with van der Waals surface area (Å²) in [4.78, 5) is 0. The lowest BCUT2D eigenvalue weighted by Gasteiger charge is -2.21. The maximum Gasteiger partial charge on any atom is 0.161 e. The summed E-state index contributed by atoms with van der Waals surface area (Å²) in [6.45, 7) is 3.50. The molecule has 2 aromatic rings. The van der Waals surface area contributed by atoms with E-state index in [0.29, 0.717) is 25.3 Å². The normalized spacial score (nSPS) is 14.6. The van der Waals surface area contributed by atoms with Gasteiger partial charge in [-0.1, -0.05) is 12.1 Å². The van der Waals surface area contributed by atoms with Crippen LogP contribution in [0.1, 0.15) is 29.7 Å². The molecule has 0 fully saturated rings. The van der Waals surface area contributed by atoms with Crippen molar-refractivity contribution < 1.29 is 19.0 Å². The fourth-order valence-electron chi connectivity index (χ4n) is 2.58. The van der Waals surface area contributed by atoms with Gasteiger partial charge in [0.1, 0.15) is 19.0 Å². The van der Waals surface area contributed by atoms with Gasteiger partial charge in [-0.3, -0.25) is 0 Å². The Morgan fingerprint density at radius 1 is 1.13 bits per heavy atom. The molecule has 2 N–H and O–H groups in total. The predicted octanol–water partition coefficient (Wildman–Crippen LogP) is 2.94. The van der Waals surface area contributed by atoms with Crippen LogP contribution < -0.4 is 14.8 Å². The van der Waals surface area contributed by atoms with Crippen molar-refractivity contribution in [3.63, 3.8) is 0 Å². The number of hydrogen-bond donors (Lipinski definition) is 2. The van der Waals surface area contributed by atoms with Gasteiger partial charge in [-0.2, -0.15) is 0 Å². The second-order valence-corrected chi connectivity index (χ2v) is 5.59. The Morgan fingerprint density at radius 3 is 2.70 bits per heavy atom. The van der Waals surface area contributed by atoms with Gasteiger partial charge < -0.3 is 19.9 Å². The zero-order valence-electron chi connectivity index (χ0n) is 13.0. The van der Waals surface area contributed by atoms with E-state index in [2.05, 4.69) is 12.2 Å². The summed E-state index contributed by atoms with van der Waals surface area (Å²) in [5.41, 5.74) is 2.34. The van der Waals surface area contributed by atoms with E-state index in [1.165, 1.54) is 6.07 Å². The number of aliphatic hydroxyl groups excluding tert-OH is 1. The van der Waals surface area contributed by atoms with E-state index in [1.807, 2.05) is 18.2 Å². The number of nitrogens with one attached hydrogen (secondary N) is 1. The molecule has 1 unspecified atom stereocenters. The van der Waals surface area contributed by atoms with E-state index >= 15 is 0 Å². The molecule has 1 aliphatic rings. The van der Waals surface area contributed by atoms with Gasteiger partial charge in [0.2, 0.25) is 0 Å². The maximum atomic E-state index is 13.4. The Kier molecular flexibility index (Phi) is 4.79. The lowest BCUT2D eigenvalue weighted by Crippen LogP contribution is -2.19. The van der Waals surface area contributed by atoms with Crippen LogP contribution in [-0.4, -0.2) is 18.3 Å². The van der Waals surface area contributed by atoms with Crippen LogP contribution in [0.3, 0.4) is 0 Å². The summed E-state index contributed by atoms with van der Waals surface area (Å²) in [6, 6.07) is 10.8. The van der Waals surface area contributed by atoms with Gasteiger partial charge in [0.25, 0.3) is 0 Å². The fraction of sp³-hybridized carbons (Fsp3) is 0.333. The predicted molar refractivity (Wildman–Crippen MR) is 85.0 cm³/mol. The lowest BCUT2D eigenvalue weighted by atomic mass is 10.1. The molecule has 0 radical (unpaired) electrons. The minimum atomic E-state index is -0.379. The standard InChI is InChI=1S/C18H20FNO3/c1-12(14-3-5-17-18(9-14)23-7-6-22-17)20-10-13-2-4-16(19)15(8-13)11-21/h2-5,8-9,12,20-21H,6-7,10-11H2,1H3. The second-order valence-electron chi connectivity index (χ2n) is 5.59. The largest absolute Gasteiger partial charge is 0.486 e. The number of ether oxygens (including phenoxy) is 2. The molecule has 1 aliphatic heterocycles. The molecule has 122 valence electrons. The van der Waals surface area contributed by atoms with Crippen molar-refractivity contribution in [3.05, 3.63) is 58.9 Å². The summed E-state index contributed by atoms with van der Waals surface area (Å²) in [5.74, 6) is 1.17. The first-order valence-electron chi connectivity index (χ1n) is 7.68. The van der Waals surface area contributed by atoms with Crippen LogP contribution >= 0.6 is 0 Å². The summed E-state index contributed by atoms with van der Waals surface area (Å²) >= 11 is 0. The average molecular weight is 317 g/mol. The van der Waals surface area contributed by atoms with Crippen molar-refractivity contribution in [1.82, 2.24) is 5.32 Å². The van der Waals surface area contributed by atoms with Crippen LogP contribution in [-0.2, 0) is 13.2 Å². The third-order valence-electron chi connectivity index (χ3n) is 3.96. The molecule has 0 saturated heterocycles. The molecule has 0 amide bonds. The summed E-state index contributed by atoms with van der Waals surface area (Å²) in [6.07, 6.45) is 0. The van der Waals surface area contributed by atoms with Crippen molar-refractivity contribution in [2.75, 3.05) is 13.2 Å². The molecule has 0 aliphatic carbocycles. The van der Waals surface area contributed by atoms with Crippen molar-refractivity contribution in [2.45, 2.75) is 26.1 Å². The molecule has 0 spiro atoms. The molecule has 0 bridgehead atoms. The first-order chi connectivity index (χ1) is 11.2. The monoisotopic (exact) mass is 317 g/mol. The van der Waals surface area contributed by atoms with Gasteiger partial charge in [-0.05, 0) is 42.3 Å². The molecular weight excluding hydrogens is 297 g/mol. The highest BCUT2D eigenvalue weighted by molar-refractivity contribution is 5.44. The average Bonchev–Trinajstić information content (AvgIpc) is 2.60. The van der Waals surface area contributed by atoms with Crippen molar-refractivity contribution >= 4 is 0 Å². The Morgan fingerprint density at radius 2 is 1.91 bits per heavy atom. The number of benzene rings is 2. The Labute approximate surface area is 134 Å². The van der Waals surface area contributed by atoms with Crippen LogP contribution in [0.5, 0.6) is 11.5 Å². The molecule has 4 nitrogen and oxygen atoms in total. The van der Waals surface area contributed by atoms with Gasteiger partial charge in [-0.15, -0.1) is 0 Å². The molecule has 2 aromatic carbocycles. The van der Waals surface area contributed by atoms with E-state index in [1.54, 1.807) is 12.1 Å². The van der Waals surface area contributed by atoms with Gasteiger partial charge in [0, 0.05) is 18.2 Å². The van der Waals surface area contributed by atoms with E-state index in [0.717, 1.165) is 22.6 Å². The Bertz CT molecular complexity index is 690. The second kappa shape index (κ2) is 6.98. The van der Waals surface area contributed by atoms with Gasteiger partial charge in [-0.25, -0.2) is 4.39 Å².